The summed E-state index contributed by atoms with van der Waals surface area (Å²) in [6, 6.07) is 0. The van der Waals surface area contributed by atoms with Crippen LogP contribution in [-0.4, -0.2) is 36.9 Å². The standard InChI is InChI=1S/C16H22N4O4S/c1-7-24-15(22)9(4)25-13-10-12(17-11(18-13)8(2)3)19(5)16(23)20(6)14(10)21/h8-9H,7H2,1-6H3/t9-/m0/s1. The number of carbonyl (C=O) groups is 1. The molecule has 0 saturated carbocycles. The van der Waals surface area contributed by atoms with Crippen LogP contribution in [0.2, 0.25) is 0 Å². The summed E-state index contributed by atoms with van der Waals surface area (Å²) in [5, 5.41) is 0.0700. The van der Waals surface area contributed by atoms with Crippen molar-refractivity contribution < 1.29 is 9.53 Å². The third-order valence-corrected chi connectivity index (χ3v) is 4.77. The summed E-state index contributed by atoms with van der Waals surface area (Å²) in [5.74, 6) is 0.127. The maximum Gasteiger partial charge on any atom is 0.332 e. The first-order valence-electron chi connectivity index (χ1n) is 7.99. The molecule has 136 valence electrons. The van der Waals surface area contributed by atoms with Crippen LogP contribution in [0.4, 0.5) is 0 Å². The highest BCUT2D eigenvalue weighted by Crippen LogP contribution is 2.28. The summed E-state index contributed by atoms with van der Waals surface area (Å²) in [6.45, 7) is 7.55. The van der Waals surface area contributed by atoms with E-state index in [-0.39, 0.29) is 29.5 Å². The summed E-state index contributed by atoms with van der Waals surface area (Å²) in [5.41, 5.74) is -0.669. The van der Waals surface area contributed by atoms with Crippen LogP contribution >= 0.6 is 11.8 Å². The van der Waals surface area contributed by atoms with Crippen LogP contribution in [0.15, 0.2) is 14.6 Å². The van der Waals surface area contributed by atoms with E-state index in [4.69, 9.17) is 4.74 Å². The first-order chi connectivity index (χ1) is 11.7. The number of aryl methyl sites for hydroxylation is 1. The Morgan fingerprint density at radius 1 is 1.16 bits per heavy atom. The fraction of sp³-hybridized carbons (Fsp3) is 0.562. The van der Waals surface area contributed by atoms with Gasteiger partial charge in [0.25, 0.3) is 5.56 Å². The van der Waals surface area contributed by atoms with Crippen molar-refractivity contribution in [3.8, 4) is 0 Å². The largest absolute Gasteiger partial charge is 0.465 e. The quantitative estimate of drug-likeness (QED) is 0.445. The number of esters is 1. The molecule has 2 heterocycles. The zero-order valence-electron chi connectivity index (χ0n) is 15.2. The molecule has 0 saturated heterocycles. The van der Waals surface area contributed by atoms with Crippen molar-refractivity contribution in [1.82, 2.24) is 19.1 Å². The molecule has 0 amide bonds. The molecule has 0 unspecified atom stereocenters. The fourth-order valence-electron chi connectivity index (χ4n) is 2.26. The Balaban J connectivity index is 2.75. The molecule has 0 aliphatic heterocycles. The lowest BCUT2D eigenvalue weighted by Gasteiger charge is -2.15. The molecule has 9 heteroatoms. The number of aromatic nitrogens is 4. The smallest absolute Gasteiger partial charge is 0.332 e. The molecule has 8 nitrogen and oxygen atoms in total. The molecule has 0 aliphatic rings. The Bertz CT molecular complexity index is 932. The van der Waals surface area contributed by atoms with E-state index < -0.39 is 16.5 Å². The molecule has 2 aromatic heterocycles. The second-order valence-corrected chi connectivity index (χ2v) is 7.29. The number of hydrogen-bond acceptors (Lipinski definition) is 7. The van der Waals surface area contributed by atoms with Crippen LogP contribution in [0.1, 0.15) is 39.4 Å². The van der Waals surface area contributed by atoms with E-state index in [1.54, 1.807) is 20.9 Å². The lowest BCUT2D eigenvalue weighted by Crippen LogP contribution is -2.38. The van der Waals surface area contributed by atoms with E-state index in [0.717, 1.165) is 16.3 Å². The molecule has 25 heavy (non-hydrogen) atoms. The SMILES string of the molecule is CCOC(=O)[C@H](C)Sc1nc(C(C)C)nc2c1c(=O)n(C)c(=O)n2C. The highest BCUT2D eigenvalue weighted by atomic mass is 32.2. The minimum absolute atomic E-state index is 0.000750. The Morgan fingerprint density at radius 3 is 2.36 bits per heavy atom. The van der Waals surface area contributed by atoms with Gasteiger partial charge >= 0.3 is 11.7 Å². The van der Waals surface area contributed by atoms with Gasteiger partial charge in [0.1, 0.15) is 21.5 Å². The molecule has 2 rings (SSSR count). The molecule has 0 aromatic carbocycles. The van der Waals surface area contributed by atoms with E-state index in [1.807, 2.05) is 13.8 Å². The van der Waals surface area contributed by atoms with Gasteiger partial charge in [-0.1, -0.05) is 25.6 Å². The number of thioether (sulfide) groups is 1. The second kappa shape index (κ2) is 7.38. The summed E-state index contributed by atoms with van der Waals surface area (Å²) < 4.78 is 7.36. The predicted molar refractivity (Wildman–Crippen MR) is 96.1 cm³/mol. The van der Waals surface area contributed by atoms with Crippen molar-refractivity contribution in [2.24, 2.45) is 14.1 Å². The third-order valence-electron chi connectivity index (χ3n) is 3.71. The molecule has 0 bridgehead atoms. The average Bonchev–Trinajstić information content (AvgIpc) is 2.57. The van der Waals surface area contributed by atoms with Crippen molar-refractivity contribution in [2.45, 2.75) is 43.9 Å². The van der Waals surface area contributed by atoms with E-state index in [2.05, 4.69) is 9.97 Å². The second-order valence-electron chi connectivity index (χ2n) is 5.96. The monoisotopic (exact) mass is 366 g/mol. The Labute approximate surface area is 149 Å². The number of rotatable bonds is 5. The predicted octanol–water partition coefficient (Wildman–Crippen LogP) is 1.19. The van der Waals surface area contributed by atoms with E-state index in [9.17, 15) is 14.4 Å². The Morgan fingerprint density at radius 2 is 1.80 bits per heavy atom. The summed E-state index contributed by atoms with van der Waals surface area (Å²) in [6.07, 6.45) is 0. The fourth-order valence-corrected chi connectivity index (χ4v) is 3.21. The zero-order valence-corrected chi connectivity index (χ0v) is 16.0. The topological polar surface area (TPSA) is 96.1 Å². The van der Waals surface area contributed by atoms with Gasteiger partial charge in [-0.15, -0.1) is 0 Å². The normalized spacial score (nSPS) is 12.6. The molecule has 0 N–H and O–H groups in total. The van der Waals surface area contributed by atoms with Gasteiger partial charge in [0.05, 0.1) is 6.61 Å². The van der Waals surface area contributed by atoms with Gasteiger partial charge in [0.15, 0.2) is 5.65 Å². The van der Waals surface area contributed by atoms with Crippen LogP contribution in [0.25, 0.3) is 11.0 Å². The first-order valence-corrected chi connectivity index (χ1v) is 8.87. The molecule has 0 radical (unpaired) electrons. The number of fused-ring (bicyclic) bond motifs is 1. The highest BCUT2D eigenvalue weighted by molar-refractivity contribution is 8.00. The van der Waals surface area contributed by atoms with Crippen molar-refractivity contribution in [3.63, 3.8) is 0 Å². The zero-order chi connectivity index (χ0) is 18.9. The minimum Gasteiger partial charge on any atom is -0.465 e. The number of carbonyl (C=O) groups excluding carboxylic acids is 1. The molecule has 0 fully saturated rings. The van der Waals surface area contributed by atoms with Crippen molar-refractivity contribution in [3.05, 3.63) is 26.7 Å². The van der Waals surface area contributed by atoms with E-state index in [0.29, 0.717) is 10.9 Å². The van der Waals surface area contributed by atoms with Crippen LogP contribution in [0.3, 0.4) is 0 Å². The van der Waals surface area contributed by atoms with Gasteiger partial charge in [0, 0.05) is 20.0 Å². The van der Waals surface area contributed by atoms with Gasteiger partial charge in [-0.2, -0.15) is 0 Å². The van der Waals surface area contributed by atoms with Crippen molar-refractivity contribution >= 4 is 28.8 Å². The summed E-state index contributed by atoms with van der Waals surface area (Å²) in [4.78, 5) is 45.6. The van der Waals surface area contributed by atoms with Gasteiger partial charge in [-0.25, -0.2) is 14.8 Å². The Kier molecular flexibility index (Phi) is 5.66. The van der Waals surface area contributed by atoms with Crippen LogP contribution in [0, 0.1) is 0 Å². The number of ether oxygens (including phenoxy) is 1. The Hall–Kier alpha value is -2.16. The first kappa shape index (κ1) is 19.2. The number of hydrogen-bond donors (Lipinski definition) is 0. The van der Waals surface area contributed by atoms with Crippen LogP contribution in [-0.2, 0) is 23.6 Å². The van der Waals surface area contributed by atoms with Gasteiger partial charge in [0.2, 0.25) is 0 Å². The average molecular weight is 366 g/mol. The van der Waals surface area contributed by atoms with Gasteiger partial charge in [-0.3, -0.25) is 18.7 Å². The summed E-state index contributed by atoms with van der Waals surface area (Å²) >= 11 is 1.14. The maximum absolute atomic E-state index is 12.6. The van der Waals surface area contributed by atoms with Crippen LogP contribution in [0.5, 0.6) is 0 Å². The molecular formula is C16H22N4O4S. The molecule has 0 spiro atoms. The van der Waals surface area contributed by atoms with E-state index in [1.165, 1.54) is 11.6 Å². The lowest BCUT2D eigenvalue weighted by atomic mass is 10.2. The van der Waals surface area contributed by atoms with Gasteiger partial charge < -0.3 is 4.74 Å². The third kappa shape index (κ3) is 3.60. The summed E-state index contributed by atoms with van der Waals surface area (Å²) in [7, 11) is 2.97. The van der Waals surface area contributed by atoms with Crippen molar-refractivity contribution in [2.75, 3.05) is 6.61 Å². The van der Waals surface area contributed by atoms with Crippen molar-refractivity contribution in [1.29, 1.82) is 0 Å². The van der Waals surface area contributed by atoms with E-state index >= 15 is 0 Å². The molecule has 0 aliphatic carbocycles. The number of nitrogens with zero attached hydrogens (tertiary/aromatic N) is 4. The lowest BCUT2D eigenvalue weighted by molar-refractivity contribution is -0.142. The molecular weight excluding hydrogens is 344 g/mol. The van der Waals surface area contributed by atoms with Crippen LogP contribution < -0.4 is 11.2 Å². The maximum atomic E-state index is 12.6. The minimum atomic E-state index is -0.542. The molecule has 2 aromatic rings. The van der Waals surface area contributed by atoms with Gasteiger partial charge in [-0.05, 0) is 13.8 Å². The highest BCUT2D eigenvalue weighted by Gasteiger charge is 2.23. The molecule has 1 atom stereocenters.